The predicted molar refractivity (Wildman–Crippen MR) is 43.9 cm³/mol. The van der Waals surface area contributed by atoms with Gasteiger partial charge in [-0.1, -0.05) is 0 Å². The van der Waals surface area contributed by atoms with Gasteiger partial charge < -0.3 is 4.74 Å². The van der Waals surface area contributed by atoms with Crippen LogP contribution < -0.4 is 0 Å². The zero-order valence-electron chi connectivity index (χ0n) is 6.98. The summed E-state index contributed by atoms with van der Waals surface area (Å²) in [5, 5.41) is 0. The van der Waals surface area contributed by atoms with Gasteiger partial charge in [-0.3, -0.25) is 18.7 Å². The number of esters is 2. The van der Waals surface area contributed by atoms with Crippen molar-refractivity contribution < 1.29 is 40.3 Å². The molecule has 0 unspecified atom stereocenters. The van der Waals surface area contributed by atoms with Crippen molar-refractivity contribution in [1.82, 2.24) is 0 Å². The maximum atomic E-state index is 10.5. The van der Waals surface area contributed by atoms with E-state index >= 15 is 0 Å². The minimum Gasteiger partial charge on any atom is -0.391 e. The predicted octanol–water partition coefficient (Wildman–Crippen LogP) is -2.17. The van der Waals surface area contributed by atoms with Crippen molar-refractivity contribution in [3.05, 3.63) is 0 Å². The minimum atomic E-state index is -4.65. The molecule has 0 aliphatic heterocycles. The Morgan fingerprint density at radius 2 is 1.13 bits per heavy atom. The van der Waals surface area contributed by atoms with Crippen LogP contribution >= 0.6 is 0 Å². The molecular formula is C4H6O9S2. The van der Waals surface area contributed by atoms with Gasteiger partial charge in [0.05, 0.1) is 0 Å². The van der Waals surface area contributed by atoms with Crippen molar-refractivity contribution in [3.8, 4) is 0 Å². The van der Waals surface area contributed by atoms with Crippen molar-refractivity contribution in [2.75, 3.05) is 11.5 Å². The van der Waals surface area contributed by atoms with E-state index in [1.807, 2.05) is 0 Å². The summed E-state index contributed by atoms with van der Waals surface area (Å²) in [5.74, 6) is -6.26. The molecule has 9 nitrogen and oxygen atoms in total. The van der Waals surface area contributed by atoms with Gasteiger partial charge in [0.1, 0.15) is 0 Å². The van der Waals surface area contributed by atoms with Gasteiger partial charge in [0.15, 0.2) is 11.5 Å². The van der Waals surface area contributed by atoms with Crippen LogP contribution in [0, 0.1) is 0 Å². The molecule has 11 heteroatoms. The molecule has 0 fully saturated rings. The third-order valence-corrected chi connectivity index (χ3v) is 2.03. The fourth-order valence-electron chi connectivity index (χ4n) is 0.484. The summed E-state index contributed by atoms with van der Waals surface area (Å²) in [5.41, 5.74) is 0. The number of hydrogen-bond donors (Lipinski definition) is 2. The summed E-state index contributed by atoms with van der Waals surface area (Å²) >= 11 is 0. The number of hydrogen-bond acceptors (Lipinski definition) is 7. The lowest BCUT2D eigenvalue weighted by atomic mass is 10.7. The van der Waals surface area contributed by atoms with Crippen LogP contribution in [0.2, 0.25) is 0 Å². The van der Waals surface area contributed by atoms with Crippen LogP contribution in [0.1, 0.15) is 0 Å². The number of rotatable bonds is 4. The molecule has 0 rings (SSSR count). The quantitative estimate of drug-likeness (QED) is 0.327. The molecule has 2 N–H and O–H groups in total. The molecule has 0 bridgehead atoms. The fourth-order valence-corrected chi connectivity index (χ4v) is 1.20. The maximum Gasteiger partial charge on any atom is 0.331 e. The molecule has 0 aliphatic rings. The second-order valence-corrected chi connectivity index (χ2v) is 5.20. The van der Waals surface area contributed by atoms with Crippen molar-refractivity contribution in [2.24, 2.45) is 0 Å². The van der Waals surface area contributed by atoms with Crippen LogP contribution in [0.25, 0.3) is 0 Å². The first kappa shape index (κ1) is 14.0. The average Bonchev–Trinajstić information content (AvgIpc) is 1.73. The number of carbonyl (C=O) groups excluding carboxylic acids is 2. The summed E-state index contributed by atoms with van der Waals surface area (Å²) < 4.78 is 60.2. The van der Waals surface area contributed by atoms with Gasteiger partial charge in [0, 0.05) is 0 Å². The molecule has 0 aliphatic carbocycles. The van der Waals surface area contributed by atoms with Crippen molar-refractivity contribution in [1.29, 1.82) is 0 Å². The van der Waals surface area contributed by atoms with Gasteiger partial charge in [-0.05, 0) is 0 Å². The highest BCUT2D eigenvalue weighted by Gasteiger charge is 2.21. The van der Waals surface area contributed by atoms with Crippen LogP contribution in [0.15, 0.2) is 0 Å². The molecule has 0 aromatic heterocycles. The van der Waals surface area contributed by atoms with E-state index in [4.69, 9.17) is 9.11 Å². The third kappa shape index (κ3) is 9.27. The number of carbonyl (C=O) groups is 2. The van der Waals surface area contributed by atoms with E-state index in [1.165, 1.54) is 0 Å². The van der Waals surface area contributed by atoms with Gasteiger partial charge in [-0.2, -0.15) is 16.8 Å². The van der Waals surface area contributed by atoms with Crippen molar-refractivity contribution >= 4 is 32.2 Å². The molecule has 0 aromatic carbocycles. The molecule has 0 spiro atoms. The van der Waals surface area contributed by atoms with Gasteiger partial charge in [-0.15, -0.1) is 0 Å². The largest absolute Gasteiger partial charge is 0.391 e. The first-order chi connectivity index (χ1) is 6.49. The number of ether oxygens (including phenoxy) is 1. The molecule has 0 saturated carbocycles. The lowest BCUT2D eigenvalue weighted by molar-refractivity contribution is -0.155. The zero-order chi connectivity index (χ0) is 12.3. The van der Waals surface area contributed by atoms with Gasteiger partial charge in [-0.25, -0.2) is 0 Å². The van der Waals surface area contributed by atoms with Gasteiger partial charge in [0.2, 0.25) is 0 Å². The van der Waals surface area contributed by atoms with E-state index in [9.17, 15) is 26.4 Å². The van der Waals surface area contributed by atoms with E-state index in [-0.39, 0.29) is 0 Å². The Bertz CT molecular complexity index is 410. The maximum absolute atomic E-state index is 10.5. The fraction of sp³-hybridized carbons (Fsp3) is 0.500. The van der Waals surface area contributed by atoms with E-state index in [2.05, 4.69) is 4.74 Å². The lowest BCUT2D eigenvalue weighted by Gasteiger charge is -1.99. The Labute approximate surface area is 84.5 Å². The SMILES string of the molecule is O=C(CS(=O)(=O)O)OC(=O)CS(=O)(=O)O. The summed E-state index contributed by atoms with van der Waals surface area (Å²) in [6, 6.07) is 0. The highest BCUT2D eigenvalue weighted by Crippen LogP contribution is 1.91. The van der Waals surface area contributed by atoms with Crippen LogP contribution in [0.4, 0.5) is 0 Å². The first-order valence-electron chi connectivity index (χ1n) is 3.13. The molecular weight excluding hydrogens is 256 g/mol. The topological polar surface area (TPSA) is 152 Å². The molecule has 15 heavy (non-hydrogen) atoms. The molecule has 0 heterocycles. The average molecular weight is 262 g/mol. The first-order valence-corrected chi connectivity index (χ1v) is 6.35. The zero-order valence-corrected chi connectivity index (χ0v) is 8.62. The molecule has 0 atom stereocenters. The molecule has 0 saturated heterocycles. The second kappa shape index (κ2) is 4.65. The Morgan fingerprint density at radius 1 is 0.867 bits per heavy atom. The smallest absolute Gasteiger partial charge is 0.331 e. The van der Waals surface area contributed by atoms with Crippen LogP contribution in [0.5, 0.6) is 0 Å². The highest BCUT2D eigenvalue weighted by molar-refractivity contribution is 7.86. The summed E-state index contributed by atoms with van der Waals surface area (Å²) in [6.07, 6.45) is 0. The highest BCUT2D eigenvalue weighted by atomic mass is 32.2. The Balaban J connectivity index is 4.28. The minimum absolute atomic E-state index is 1.48. The van der Waals surface area contributed by atoms with Crippen LogP contribution in [-0.4, -0.2) is 49.4 Å². The molecule has 0 amide bonds. The standard InChI is InChI=1S/C4H6O9S2/c5-3(1-14(7,8)9)13-4(6)2-15(10,11)12/h1-2H2,(H,7,8,9)(H,10,11,12). The third-order valence-electron chi connectivity index (χ3n) is 0.828. The lowest BCUT2D eigenvalue weighted by Crippen LogP contribution is -2.25. The van der Waals surface area contributed by atoms with Gasteiger partial charge in [0.25, 0.3) is 20.2 Å². The normalized spacial score (nSPS) is 12.1. The van der Waals surface area contributed by atoms with Crippen molar-refractivity contribution in [2.45, 2.75) is 0 Å². The van der Waals surface area contributed by atoms with Crippen LogP contribution in [0.3, 0.4) is 0 Å². The van der Waals surface area contributed by atoms with E-state index in [1.54, 1.807) is 0 Å². The molecule has 0 radical (unpaired) electrons. The van der Waals surface area contributed by atoms with E-state index < -0.39 is 43.7 Å². The Morgan fingerprint density at radius 3 is 1.33 bits per heavy atom. The Hall–Kier alpha value is -1.04. The monoisotopic (exact) mass is 262 g/mol. The Kier molecular flexibility index (Phi) is 4.33. The van der Waals surface area contributed by atoms with E-state index in [0.717, 1.165) is 0 Å². The summed E-state index contributed by atoms with van der Waals surface area (Å²) in [7, 11) is -9.30. The van der Waals surface area contributed by atoms with Gasteiger partial charge >= 0.3 is 11.9 Å². The summed E-state index contributed by atoms with van der Waals surface area (Å²) in [6.45, 7) is 0. The van der Waals surface area contributed by atoms with E-state index in [0.29, 0.717) is 0 Å². The van der Waals surface area contributed by atoms with Crippen molar-refractivity contribution in [3.63, 3.8) is 0 Å². The summed E-state index contributed by atoms with van der Waals surface area (Å²) in [4.78, 5) is 21.0. The molecule has 0 aromatic rings. The van der Waals surface area contributed by atoms with Crippen LogP contribution in [-0.2, 0) is 34.6 Å². The second-order valence-electron chi connectivity index (χ2n) is 2.30. The molecule has 88 valence electrons.